The zero-order valence-electron chi connectivity index (χ0n) is 10.4. The van der Waals surface area contributed by atoms with E-state index >= 15 is 0 Å². The maximum atomic E-state index is 10.9. The van der Waals surface area contributed by atoms with Crippen molar-refractivity contribution >= 4 is 17.7 Å². The zero-order chi connectivity index (χ0) is 12.8. The first kappa shape index (κ1) is 14.0. The van der Waals surface area contributed by atoms with Crippen molar-refractivity contribution in [3.63, 3.8) is 0 Å². The monoisotopic (exact) mass is 254 g/mol. The van der Waals surface area contributed by atoms with Gasteiger partial charge in [0, 0.05) is 11.4 Å². The fourth-order valence-electron chi connectivity index (χ4n) is 1.31. The average Bonchev–Trinajstić information content (AvgIpc) is 2.35. The lowest BCUT2D eigenvalue weighted by Gasteiger charge is -2.08. The van der Waals surface area contributed by atoms with E-state index in [9.17, 15) is 4.79 Å². The van der Waals surface area contributed by atoms with E-state index in [1.165, 1.54) is 6.20 Å². The lowest BCUT2D eigenvalue weighted by Crippen LogP contribution is -2.08. The standard InChI is InChI=1S/C12H18N2O2S/c1-4-8(3)17-7-11-13-6-9(12(15)16)10(5-2)14-11/h6,8H,4-5,7H2,1-3H3,(H,15,16). The molecule has 0 saturated carbocycles. The molecule has 0 saturated heterocycles. The van der Waals surface area contributed by atoms with Gasteiger partial charge in [-0.2, -0.15) is 11.8 Å². The number of aryl methyl sites for hydroxylation is 1. The lowest BCUT2D eigenvalue weighted by molar-refractivity contribution is 0.0694. The minimum Gasteiger partial charge on any atom is -0.478 e. The first-order chi connectivity index (χ1) is 8.08. The molecule has 0 aliphatic heterocycles. The van der Waals surface area contributed by atoms with Crippen LogP contribution in [0.15, 0.2) is 6.20 Å². The van der Waals surface area contributed by atoms with Crippen LogP contribution >= 0.6 is 11.8 Å². The van der Waals surface area contributed by atoms with E-state index in [0.29, 0.717) is 17.4 Å². The van der Waals surface area contributed by atoms with Crippen molar-refractivity contribution in [1.82, 2.24) is 9.97 Å². The Bertz CT molecular complexity index is 396. The van der Waals surface area contributed by atoms with E-state index in [0.717, 1.165) is 18.0 Å². The Balaban J connectivity index is 2.79. The Morgan fingerprint density at radius 3 is 2.76 bits per heavy atom. The van der Waals surface area contributed by atoms with Crippen LogP contribution < -0.4 is 0 Å². The third kappa shape index (κ3) is 4.00. The number of carboxylic acids is 1. The van der Waals surface area contributed by atoms with Gasteiger partial charge in [0.05, 0.1) is 17.0 Å². The highest BCUT2D eigenvalue weighted by molar-refractivity contribution is 7.99. The summed E-state index contributed by atoms with van der Waals surface area (Å²) in [7, 11) is 0. The smallest absolute Gasteiger partial charge is 0.339 e. The van der Waals surface area contributed by atoms with E-state index in [2.05, 4.69) is 23.8 Å². The van der Waals surface area contributed by atoms with Crippen LogP contribution in [0.25, 0.3) is 0 Å². The summed E-state index contributed by atoms with van der Waals surface area (Å²) < 4.78 is 0. The van der Waals surface area contributed by atoms with E-state index in [1.807, 2.05) is 6.92 Å². The molecule has 1 unspecified atom stereocenters. The number of hydrogen-bond acceptors (Lipinski definition) is 4. The van der Waals surface area contributed by atoms with Crippen molar-refractivity contribution in [1.29, 1.82) is 0 Å². The van der Waals surface area contributed by atoms with E-state index in [-0.39, 0.29) is 5.56 Å². The van der Waals surface area contributed by atoms with Crippen molar-refractivity contribution in [2.75, 3.05) is 0 Å². The summed E-state index contributed by atoms with van der Waals surface area (Å²) in [5, 5.41) is 9.53. The first-order valence-corrected chi connectivity index (χ1v) is 6.83. The maximum Gasteiger partial charge on any atom is 0.339 e. The van der Waals surface area contributed by atoms with Crippen molar-refractivity contribution in [2.24, 2.45) is 0 Å². The number of aromatic carboxylic acids is 1. The largest absolute Gasteiger partial charge is 0.478 e. The number of aromatic nitrogens is 2. The van der Waals surface area contributed by atoms with Crippen molar-refractivity contribution in [3.05, 3.63) is 23.3 Å². The number of carboxylic acid groups (broad SMARTS) is 1. The second-order valence-corrected chi connectivity index (χ2v) is 5.26. The number of nitrogens with zero attached hydrogens (tertiary/aromatic N) is 2. The molecule has 0 radical (unpaired) electrons. The molecule has 94 valence electrons. The Hall–Kier alpha value is -1.10. The van der Waals surface area contributed by atoms with Crippen LogP contribution in [0.1, 0.15) is 49.1 Å². The second kappa shape index (κ2) is 6.59. The maximum absolute atomic E-state index is 10.9. The highest BCUT2D eigenvalue weighted by Crippen LogP contribution is 2.18. The summed E-state index contributed by atoms with van der Waals surface area (Å²) in [6.07, 6.45) is 3.14. The van der Waals surface area contributed by atoms with Crippen LogP contribution in [0.3, 0.4) is 0 Å². The molecule has 0 amide bonds. The van der Waals surface area contributed by atoms with Crippen LogP contribution in [0.2, 0.25) is 0 Å². The van der Waals surface area contributed by atoms with Crippen LogP contribution in [-0.2, 0) is 12.2 Å². The minimum atomic E-state index is -0.956. The van der Waals surface area contributed by atoms with Crippen LogP contribution in [0.4, 0.5) is 0 Å². The second-order valence-electron chi connectivity index (χ2n) is 3.84. The Morgan fingerprint density at radius 1 is 1.53 bits per heavy atom. The molecule has 0 fully saturated rings. The van der Waals surface area contributed by atoms with Gasteiger partial charge >= 0.3 is 5.97 Å². The summed E-state index contributed by atoms with van der Waals surface area (Å²) >= 11 is 1.79. The molecule has 1 atom stereocenters. The number of thioether (sulfide) groups is 1. The van der Waals surface area contributed by atoms with Gasteiger partial charge in [-0.25, -0.2) is 14.8 Å². The molecular formula is C12H18N2O2S. The van der Waals surface area contributed by atoms with Gasteiger partial charge in [-0.05, 0) is 12.8 Å². The highest BCUT2D eigenvalue weighted by Gasteiger charge is 2.12. The van der Waals surface area contributed by atoms with Crippen LogP contribution in [0, 0.1) is 0 Å². The lowest BCUT2D eigenvalue weighted by atomic mass is 10.2. The molecule has 0 spiro atoms. The quantitative estimate of drug-likeness (QED) is 0.845. The van der Waals surface area contributed by atoms with Gasteiger partial charge in [0.1, 0.15) is 5.82 Å². The molecular weight excluding hydrogens is 236 g/mol. The number of carbonyl (C=O) groups is 1. The zero-order valence-corrected chi connectivity index (χ0v) is 11.3. The predicted molar refractivity (Wildman–Crippen MR) is 69.4 cm³/mol. The molecule has 0 aliphatic carbocycles. The van der Waals surface area contributed by atoms with Gasteiger partial charge in [-0.3, -0.25) is 0 Å². The fourth-order valence-corrected chi connectivity index (χ4v) is 2.12. The van der Waals surface area contributed by atoms with Crippen molar-refractivity contribution in [2.45, 2.75) is 44.6 Å². The van der Waals surface area contributed by atoms with Crippen molar-refractivity contribution < 1.29 is 9.90 Å². The molecule has 0 bridgehead atoms. The predicted octanol–water partition coefficient (Wildman–Crippen LogP) is 2.77. The molecule has 5 heteroatoms. The van der Waals surface area contributed by atoms with Gasteiger partial charge in [0.25, 0.3) is 0 Å². The normalized spacial score (nSPS) is 12.4. The van der Waals surface area contributed by atoms with Crippen LogP contribution in [-0.4, -0.2) is 26.3 Å². The van der Waals surface area contributed by atoms with Gasteiger partial charge in [-0.1, -0.05) is 20.8 Å². The summed E-state index contributed by atoms with van der Waals surface area (Å²) in [6, 6.07) is 0. The SMILES string of the molecule is CCc1nc(CSC(C)CC)ncc1C(=O)O. The van der Waals surface area contributed by atoms with E-state index < -0.39 is 5.97 Å². The van der Waals surface area contributed by atoms with E-state index in [1.54, 1.807) is 11.8 Å². The van der Waals surface area contributed by atoms with Gasteiger partial charge < -0.3 is 5.11 Å². The fraction of sp³-hybridized carbons (Fsp3) is 0.583. The number of hydrogen-bond donors (Lipinski definition) is 1. The molecule has 1 N–H and O–H groups in total. The number of rotatable bonds is 6. The minimum absolute atomic E-state index is 0.213. The topological polar surface area (TPSA) is 63.1 Å². The molecule has 4 nitrogen and oxygen atoms in total. The van der Waals surface area contributed by atoms with Crippen molar-refractivity contribution in [3.8, 4) is 0 Å². The van der Waals surface area contributed by atoms with Gasteiger partial charge in [0.2, 0.25) is 0 Å². The summed E-state index contributed by atoms with van der Waals surface area (Å²) in [4.78, 5) is 19.3. The summed E-state index contributed by atoms with van der Waals surface area (Å²) in [5.74, 6) is 0.502. The molecule has 1 rings (SSSR count). The molecule has 0 aromatic carbocycles. The van der Waals surface area contributed by atoms with Gasteiger partial charge in [-0.15, -0.1) is 0 Å². The van der Waals surface area contributed by atoms with Gasteiger partial charge in [0.15, 0.2) is 0 Å². The third-order valence-corrected chi connectivity index (χ3v) is 3.88. The average molecular weight is 254 g/mol. The summed E-state index contributed by atoms with van der Waals surface area (Å²) in [5.41, 5.74) is 0.831. The van der Waals surface area contributed by atoms with Crippen LogP contribution in [0.5, 0.6) is 0 Å². The molecule has 1 aromatic heterocycles. The Labute approximate surface area is 106 Å². The first-order valence-electron chi connectivity index (χ1n) is 5.78. The Morgan fingerprint density at radius 2 is 2.24 bits per heavy atom. The van der Waals surface area contributed by atoms with E-state index in [4.69, 9.17) is 5.11 Å². The molecule has 17 heavy (non-hydrogen) atoms. The molecule has 0 aliphatic rings. The third-order valence-electron chi connectivity index (χ3n) is 2.55. The molecule has 1 heterocycles. The molecule has 1 aromatic rings. The summed E-state index contributed by atoms with van der Waals surface area (Å²) in [6.45, 7) is 6.21. The highest BCUT2D eigenvalue weighted by atomic mass is 32.2. The Kier molecular flexibility index (Phi) is 5.41.